The first-order chi connectivity index (χ1) is 9.47. The van der Waals surface area contributed by atoms with E-state index in [1.165, 1.54) is 6.21 Å². The molecule has 20 heavy (non-hydrogen) atoms. The van der Waals surface area contributed by atoms with Gasteiger partial charge < -0.3 is 15.9 Å². The smallest absolute Gasteiger partial charge is 0.207 e. The summed E-state index contributed by atoms with van der Waals surface area (Å²) in [6.07, 6.45) is 3.10. The maximum atomic E-state index is 12.0. The number of hydrogen-bond acceptors (Lipinski definition) is 6. The third kappa shape index (κ3) is 1.58. The summed E-state index contributed by atoms with van der Waals surface area (Å²) in [5.41, 5.74) is 4.52. The third-order valence-electron chi connectivity index (χ3n) is 3.20. The summed E-state index contributed by atoms with van der Waals surface area (Å²) in [7, 11) is -3.82. The Bertz CT molecular complexity index is 898. The second kappa shape index (κ2) is 4.15. The zero-order valence-corrected chi connectivity index (χ0v) is 11.2. The third-order valence-corrected chi connectivity index (χ3v) is 4.63. The SMILES string of the molecule is [NH3+]CCC1=c2c(O)c3c(c(O)c2N=C1)=NC=CS3(=O)=O. The number of quaternary nitrogens is 1. The second-order valence-electron chi connectivity index (χ2n) is 4.44. The van der Waals surface area contributed by atoms with Crippen LogP contribution in [0.5, 0.6) is 11.5 Å². The quantitative estimate of drug-likeness (QED) is 0.572. The van der Waals surface area contributed by atoms with E-state index in [0.29, 0.717) is 18.5 Å². The molecule has 0 saturated carbocycles. The van der Waals surface area contributed by atoms with Crippen LogP contribution in [0, 0.1) is 0 Å². The number of nitrogens with zero attached hydrogens (tertiary/aromatic N) is 2. The summed E-state index contributed by atoms with van der Waals surface area (Å²) in [4.78, 5) is 7.50. The molecule has 0 spiro atoms. The Labute approximate surface area is 114 Å². The molecular formula is C12H12N3O4S+. The number of fused-ring (bicyclic) bond motifs is 2. The van der Waals surface area contributed by atoms with Crippen LogP contribution in [-0.4, -0.2) is 31.4 Å². The summed E-state index contributed by atoms with van der Waals surface area (Å²) < 4.78 is 24.1. The Morgan fingerprint density at radius 3 is 2.70 bits per heavy atom. The molecule has 8 heteroatoms. The van der Waals surface area contributed by atoms with Crippen LogP contribution in [0.1, 0.15) is 6.42 Å². The molecule has 0 atom stereocenters. The summed E-state index contributed by atoms with van der Waals surface area (Å²) in [6, 6.07) is 0. The molecule has 2 aliphatic rings. The van der Waals surface area contributed by atoms with Gasteiger partial charge in [0.1, 0.15) is 21.7 Å². The van der Waals surface area contributed by atoms with E-state index in [0.717, 1.165) is 11.6 Å². The van der Waals surface area contributed by atoms with Crippen molar-refractivity contribution >= 4 is 27.3 Å². The molecule has 0 aliphatic carbocycles. The molecule has 0 bridgehead atoms. The first-order valence-corrected chi connectivity index (χ1v) is 7.46. The van der Waals surface area contributed by atoms with Gasteiger partial charge in [0.2, 0.25) is 9.84 Å². The highest BCUT2D eigenvalue weighted by atomic mass is 32.2. The van der Waals surface area contributed by atoms with Crippen LogP contribution in [0.15, 0.2) is 26.5 Å². The van der Waals surface area contributed by atoms with Gasteiger partial charge in [-0.3, -0.25) is 9.98 Å². The van der Waals surface area contributed by atoms with Gasteiger partial charge in [0.15, 0.2) is 5.75 Å². The largest absolute Gasteiger partial charge is 0.506 e. The summed E-state index contributed by atoms with van der Waals surface area (Å²) >= 11 is 0. The Kier molecular flexibility index (Phi) is 2.66. The van der Waals surface area contributed by atoms with Gasteiger partial charge in [-0.15, -0.1) is 0 Å². The van der Waals surface area contributed by atoms with Gasteiger partial charge in [0, 0.05) is 18.8 Å². The van der Waals surface area contributed by atoms with Crippen LogP contribution < -0.4 is 16.3 Å². The normalized spacial score (nSPS) is 17.8. The van der Waals surface area contributed by atoms with Crippen molar-refractivity contribution in [1.29, 1.82) is 0 Å². The van der Waals surface area contributed by atoms with Gasteiger partial charge in [-0.05, 0) is 5.57 Å². The number of sulfone groups is 1. The molecule has 3 rings (SSSR count). The first kappa shape index (κ1) is 12.8. The average molecular weight is 294 g/mol. The molecule has 1 aromatic rings. The molecule has 104 valence electrons. The molecule has 2 heterocycles. The van der Waals surface area contributed by atoms with E-state index in [4.69, 9.17) is 0 Å². The Morgan fingerprint density at radius 1 is 1.25 bits per heavy atom. The molecule has 2 aliphatic heterocycles. The first-order valence-electron chi connectivity index (χ1n) is 5.91. The lowest BCUT2D eigenvalue weighted by molar-refractivity contribution is -0.365. The number of hydrogen-bond donors (Lipinski definition) is 3. The molecular weight excluding hydrogens is 282 g/mol. The van der Waals surface area contributed by atoms with Crippen molar-refractivity contribution in [3.63, 3.8) is 0 Å². The monoisotopic (exact) mass is 294 g/mol. The lowest BCUT2D eigenvalue weighted by atomic mass is 10.1. The Morgan fingerprint density at radius 2 is 2.00 bits per heavy atom. The molecule has 0 unspecified atom stereocenters. The van der Waals surface area contributed by atoms with Crippen molar-refractivity contribution in [3.8, 4) is 11.5 Å². The second-order valence-corrected chi connectivity index (χ2v) is 6.22. The molecule has 0 fully saturated rings. The standard InChI is InChI=1S/C12H11N3O4S/c13-2-1-6-5-15-8-7(6)10(16)12-9(11(8)17)14-3-4-20(12,18)19/h3-5,16-17H,1-2,13H2/p+1. The van der Waals surface area contributed by atoms with Crippen LogP contribution in [0.4, 0.5) is 5.69 Å². The fourth-order valence-electron chi connectivity index (χ4n) is 2.34. The summed E-state index contributed by atoms with van der Waals surface area (Å²) in [6.45, 7) is 0.565. The molecule has 7 nitrogen and oxygen atoms in total. The summed E-state index contributed by atoms with van der Waals surface area (Å²) in [5, 5.41) is 21.4. The van der Waals surface area contributed by atoms with Crippen molar-refractivity contribution in [3.05, 3.63) is 22.2 Å². The highest BCUT2D eigenvalue weighted by Gasteiger charge is 2.29. The van der Waals surface area contributed by atoms with Crippen molar-refractivity contribution in [2.24, 2.45) is 9.98 Å². The molecule has 0 radical (unpaired) electrons. The van der Waals surface area contributed by atoms with Gasteiger partial charge in [0.05, 0.1) is 17.2 Å². The Hall–Kier alpha value is -2.19. The fraction of sp³-hybridized carbons (Fsp3) is 0.167. The number of aromatic hydroxyl groups is 2. The van der Waals surface area contributed by atoms with Crippen LogP contribution >= 0.6 is 0 Å². The molecule has 5 N–H and O–H groups in total. The van der Waals surface area contributed by atoms with Crippen LogP contribution in [-0.2, 0) is 9.84 Å². The van der Waals surface area contributed by atoms with Crippen molar-refractivity contribution in [2.45, 2.75) is 11.3 Å². The van der Waals surface area contributed by atoms with E-state index >= 15 is 0 Å². The predicted octanol–water partition coefficient (Wildman–Crippen LogP) is -1.53. The Balaban J connectivity index is 2.54. The predicted molar refractivity (Wildman–Crippen MR) is 70.8 cm³/mol. The van der Waals surface area contributed by atoms with Crippen LogP contribution in [0.2, 0.25) is 0 Å². The number of benzene rings is 1. The number of phenolic OH excluding ortho intramolecular Hbond substituents is 2. The molecule has 0 amide bonds. The van der Waals surface area contributed by atoms with E-state index < -0.39 is 15.6 Å². The van der Waals surface area contributed by atoms with E-state index in [1.54, 1.807) is 0 Å². The maximum absolute atomic E-state index is 12.0. The minimum Gasteiger partial charge on any atom is -0.506 e. The van der Waals surface area contributed by atoms with Crippen LogP contribution in [0.25, 0.3) is 5.57 Å². The van der Waals surface area contributed by atoms with Gasteiger partial charge in [-0.25, -0.2) is 8.42 Å². The van der Waals surface area contributed by atoms with Gasteiger partial charge >= 0.3 is 0 Å². The van der Waals surface area contributed by atoms with E-state index in [1.807, 2.05) is 0 Å². The van der Waals surface area contributed by atoms with Crippen LogP contribution in [0.3, 0.4) is 0 Å². The molecule has 1 aromatic carbocycles. The fourth-order valence-corrected chi connectivity index (χ4v) is 3.48. The molecule has 0 saturated heterocycles. The van der Waals surface area contributed by atoms with Crippen molar-refractivity contribution < 1.29 is 24.4 Å². The number of aliphatic imine (C=N–C) groups is 1. The highest BCUT2D eigenvalue weighted by molar-refractivity contribution is 7.94. The van der Waals surface area contributed by atoms with E-state index in [9.17, 15) is 18.6 Å². The summed E-state index contributed by atoms with van der Waals surface area (Å²) in [5.74, 6) is -0.752. The van der Waals surface area contributed by atoms with Gasteiger partial charge in [-0.1, -0.05) is 0 Å². The van der Waals surface area contributed by atoms with Gasteiger partial charge in [-0.2, -0.15) is 0 Å². The zero-order valence-electron chi connectivity index (χ0n) is 10.4. The van der Waals surface area contributed by atoms with Crippen molar-refractivity contribution in [2.75, 3.05) is 6.54 Å². The van der Waals surface area contributed by atoms with Crippen molar-refractivity contribution in [1.82, 2.24) is 0 Å². The number of rotatable bonds is 2. The minimum atomic E-state index is -3.82. The zero-order chi connectivity index (χ0) is 14.5. The van der Waals surface area contributed by atoms with E-state index in [2.05, 4.69) is 15.7 Å². The molecule has 0 aromatic heterocycles. The topological polar surface area (TPSA) is 127 Å². The maximum Gasteiger partial charge on any atom is 0.207 e. The lowest BCUT2D eigenvalue weighted by Gasteiger charge is -2.10. The lowest BCUT2D eigenvalue weighted by Crippen LogP contribution is -2.50. The minimum absolute atomic E-state index is 0.152. The highest BCUT2D eigenvalue weighted by Crippen LogP contribution is 2.31. The number of phenols is 2. The van der Waals surface area contributed by atoms with E-state index in [-0.39, 0.29) is 26.9 Å². The van der Waals surface area contributed by atoms with Gasteiger partial charge in [0.25, 0.3) is 0 Å². The average Bonchev–Trinajstić information content (AvgIpc) is 2.79.